The number of nitrogen functional groups attached to an aromatic ring is 1. The van der Waals surface area contributed by atoms with Gasteiger partial charge in [-0.1, -0.05) is 6.92 Å². The van der Waals surface area contributed by atoms with Crippen molar-refractivity contribution in [2.24, 2.45) is 11.5 Å². The zero-order valence-electron chi connectivity index (χ0n) is 23.0. The number of fused-ring (bicyclic) bond motifs is 1. The molecule has 0 saturated heterocycles. The zero-order chi connectivity index (χ0) is 27.8. The Kier molecular flexibility index (Phi) is 9.96. The Morgan fingerprint density at radius 3 is 2.63 bits per heavy atom. The molecule has 0 unspecified atom stereocenters. The van der Waals surface area contributed by atoms with Gasteiger partial charge in [-0.05, 0) is 94.9 Å². The standard InChI is InChI=1S/C30H41N5O3/c1-5-35-13-7-6-8-27(36)25-16-22(9-12-28(25)37-15-14-35)30(34)24-17-23(10-11-26(24)33)38-21(4)29(20(3)32)19(2)18-31/h9-12,16-18,21,34H,5-8,13-15,31-33H2,1-4H3/b19-18-,29-20?,34-30?/t21-/m1/s1. The van der Waals surface area contributed by atoms with Crippen molar-refractivity contribution in [3.8, 4) is 11.5 Å². The predicted octanol–water partition coefficient (Wildman–Crippen LogP) is 4.61. The number of nitrogens with one attached hydrogen (secondary N) is 1. The molecule has 0 aromatic heterocycles. The van der Waals surface area contributed by atoms with Crippen molar-refractivity contribution in [2.45, 2.75) is 53.1 Å². The molecule has 2 aromatic rings. The molecule has 204 valence electrons. The van der Waals surface area contributed by atoms with Crippen LogP contribution in [0.3, 0.4) is 0 Å². The number of nitrogens with two attached hydrogens (primary N) is 3. The Hall–Kier alpha value is -3.78. The van der Waals surface area contributed by atoms with Crippen LogP contribution in [0.2, 0.25) is 0 Å². The van der Waals surface area contributed by atoms with E-state index in [1.165, 1.54) is 6.20 Å². The number of anilines is 1. The van der Waals surface area contributed by atoms with Crippen molar-refractivity contribution in [3.05, 3.63) is 76.1 Å². The van der Waals surface area contributed by atoms with Crippen molar-refractivity contribution in [2.75, 3.05) is 32.0 Å². The number of benzene rings is 2. The van der Waals surface area contributed by atoms with E-state index in [-0.39, 0.29) is 17.6 Å². The molecule has 38 heavy (non-hydrogen) atoms. The highest BCUT2D eigenvalue weighted by Gasteiger charge is 2.20. The summed E-state index contributed by atoms with van der Waals surface area (Å²) < 4.78 is 12.2. The molecule has 0 spiro atoms. The van der Waals surface area contributed by atoms with Crippen LogP contribution in [0.15, 0.2) is 59.4 Å². The minimum atomic E-state index is -0.364. The van der Waals surface area contributed by atoms with Crippen LogP contribution in [0.1, 0.15) is 68.4 Å². The third-order valence-electron chi connectivity index (χ3n) is 6.92. The van der Waals surface area contributed by atoms with Crippen LogP contribution >= 0.6 is 0 Å². The van der Waals surface area contributed by atoms with E-state index in [9.17, 15) is 4.79 Å². The zero-order valence-corrected chi connectivity index (χ0v) is 23.0. The molecule has 0 saturated carbocycles. The summed E-state index contributed by atoms with van der Waals surface area (Å²) in [5.41, 5.74) is 22.6. The van der Waals surface area contributed by atoms with Gasteiger partial charge in [-0.15, -0.1) is 0 Å². The summed E-state index contributed by atoms with van der Waals surface area (Å²) in [5, 5.41) is 8.94. The van der Waals surface area contributed by atoms with E-state index in [0.29, 0.717) is 52.6 Å². The topological polar surface area (TPSA) is 141 Å². The van der Waals surface area contributed by atoms with Gasteiger partial charge in [-0.3, -0.25) is 10.2 Å². The maximum Gasteiger partial charge on any atom is 0.166 e. The molecule has 0 aliphatic carbocycles. The summed E-state index contributed by atoms with van der Waals surface area (Å²) in [7, 11) is 0. The molecule has 3 rings (SSSR count). The number of carbonyl (C=O) groups excluding carboxylic acids is 1. The van der Waals surface area contributed by atoms with E-state index in [1.807, 2.05) is 20.8 Å². The molecular formula is C30H41N5O3. The first-order valence-electron chi connectivity index (χ1n) is 13.2. The monoisotopic (exact) mass is 519 g/mol. The number of nitrogens with zero attached hydrogens (tertiary/aromatic N) is 1. The number of hydrogen-bond acceptors (Lipinski definition) is 8. The Bertz CT molecular complexity index is 1230. The average molecular weight is 520 g/mol. The lowest BCUT2D eigenvalue weighted by atomic mass is 9.96. The van der Waals surface area contributed by atoms with Crippen LogP contribution in [0, 0.1) is 5.41 Å². The molecule has 0 radical (unpaired) electrons. The second-order valence-corrected chi connectivity index (χ2v) is 9.70. The van der Waals surface area contributed by atoms with Crippen molar-refractivity contribution in [3.63, 3.8) is 0 Å². The molecule has 1 atom stereocenters. The number of hydrogen-bond donors (Lipinski definition) is 4. The fourth-order valence-corrected chi connectivity index (χ4v) is 4.78. The molecule has 1 aliphatic rings. The van der Waals surface area contributed by atoms with E-state index in [1.54, 1.807) is 36.4 Å². The number of Topliss-reactive ketones (excluding diaryl/α,β-unsaturated/α-hetero) is 1. The number of ether oxygens (including phenoxy) is 2. The maximum absolute atomic E-state index is 13.1. The smallest absolute Gasteiger partial charge is 0.166 e. The highest BCUT2D eigenvalue weighted by molar-refractivity contribution is 6.15. The van der Waals surface area contributed by atoms with Gasteiger partial charge in [-0.2, -0.15) is 0 Å². The van der Waals surface area contributed by atoms with Gasteiger partial charge in [0, 0.05) is 41.1 Å². The summed E-state index contributed by atoms with van der Waals surface area (Å²) in [6, 6.07) is 10.6. The van der Waals surface area contributed by atoms with Crippen molar-refractivity contribution in [1.29, 1.82) is 5.41 Å². The number of rotatable bonds is 7. The van der Waals surface area contributed by atoms with Gasteiger partial charge < -0.3 is 31.6 Å². The molecule has 7 N–H and O–H groups in total. The normalized spacial score (nSPS) is 16.9. The lowest BCUT2D eigenvalue weighted by Crippen LogP contribution is -2.29. The number of likely N-dealkylation sites (N-methyl/N-ethyl adjacent to an activating group) is 1. The third kappa shape index (κ3) is 6.95. The van der Waals surface area contributed by atoms with Gasteiger partial charge in [0.05, 0.1) is 11.3 Å². The van der Waals surface area contributed by atoms with E-state index in [4.69, 9.17) is 32.1 Å². The fourth-order valence-electron chi connectivity index (χ4n) is 4.78. The molecule has 8 nitrogen and oxygen atoms in total. The Morgan fingerprint density at radius 2 is 1.95 bits per heavy atom. The van der Waals surface area contributed by atoms with E-state index in [2.05, 4.69) is 11.8 Å². The minimum Gasteiger partial charge on any atom is -0.491 e. The molecule has 8 heteroatoms. The highest BCUT2D eigenvalue weighted by atomic mass is 16.5. The Balaban J connectivity index is 1.89. The molecule has 1 aliphatic heterocycles. The van der Waals surface area contributed by atoms with Crippen LogP contribution in [-0.2, 0) is 0 Å². The van der Waals surface area contributed by atoms with Gasteiger partial charge in [0.15, 0.2) is 5.78 Å². The SMILES string of the molecule is CCN1CCCCC(=O)c2cc(C(=N)c3cc(O[C@H](C)C(=C(C)N)/C(C)=C\N)ccc3N)ccc2OCC1. The second-order valence-electron chi connectivity index (χ2n) is 9.70. The van der Waals surface area contributed by atoms with Gasteiger partial charge in [0.1, 0.15) is 24.2 Å². The van der Waals surface area contributed by atoms with Crippen molar-refractivity contribution in [1.82, 2.24) is 4.90 Å². The molecule has 1 heterocycles. The summed E-state index contributed by atoms with van der Waals surface area (Å²) in [6.07, 6.45) is 3.37. The molecule has 0 bridgehead atoms. The second kappa shape index (κ2) is 13.1. The van der Waals surface area contributed by atoms with Gasteiger partial charge >= 0.3 is 0 Å². The number of allylic oxidation sites excluding steroid dienone is 1. The number of ketones is 1. The van der Waals surface area contributed by atoms with Gasteiger partial charge in [0.25, 0.3) is 0 Å². The quantitative estimate of drug-likeness (QED) is 0.238. The van der Waals surface area contributed by atoms with Crippen LogP contribution < -0.4 is 26.7 Å². The summed E-state index contributed by atoms with van der Waals surface area (Å²) in [6.45, 7) is 11.0. The fraction of sp³-hybridized carbons (Fsp3) is 0.400. The van der Waals surface area contributed by atoms with Gasteiger partial charge in [0.2, 0.25) is 0 Å². The Morgan fingerprint density at radius 1 is 1.18 bits per heavy atom. The third-order valence-corrected chi connectivity index (χ3v) is 6.92. The van der Waals surface area contributed by atoms with Crippen molar-refractivity contribution < 1.29 is 14.3 Å². The van der Waals surface area contributed by atoms with E-state index in [0.717, 1.165) is 43.6 Å². The first kappa shape index (κ1) is 28.8. The van der Waals surface area contributed by atoms with E-state index >= 15 is 0 Å². The summed E-state index contributed by atoms with van der Waals surface area (Å²) >= 11 is 0. The average Bonchev–Trinajstić information content (AvgIpc) is 2.93. The molecule has 0 amide bonds. The van der Waals surface area contributed by atoms with Crippen LogP contribution in [0.5, 0.6) is 11.5 Å². The highest BCUT2D eigenvalue weighted by Crippen LogP contribution is 2.29. The number of carbonyl (C=O) groups is 1. The lowest BCUT2D eigenvalue weighted by Gasteiger charge is -2.21. The lowest BCUT2D eigenvalue weighted by molar-refractivity contribution is 0.0976. The van der Waals surface area contributed by atoms with Crippen LogP contribution in [0.4, 0.5) is 5.69 Å². The van der Waals surface area contributed by atoms with Crippen LogP contribution in [0.25, 0.3) is 0 Å². The summed E-state index contributed by atoms with van der Waals surface area (Å²) in [4.78, 5) is 15.4. The molecule has 0 fully saturated rings. The summed E-state index contributed by atoms with van der Waals surface area (Å²) in [5.74, 6) is 1.13. The van der Waals surface area contributed by atoms with Crippen molar-refractivity contribution >= 4 is 17.2 Å². The van der Waals surface area contributed by atoms with E-state index < -0.39 is 0 Å². The minimum absolute atomic E-state index is 0.0262. The van der Waals surface area contributed by atoms with Gasteiger partial charge in [-0.25, -0.2) is 0 Å². The predicted molar refractivity (Wildman–Crippen MR) is 154 cm³/mol. The first-order chi connectivity index (χ1) is 18.2. The molecular weight excluding hydrogens is 478 g/mol. The Labute approximate surface area is 226 Å². The van der Waals surface area contributed by atoms with Crippen LogP contribution in [-0.4, -0.2) is 48.7 Å². The molecule has 2 aromatic carbocycles. The first-order valence-corrected chi connectivity index (χ1v) is 13.2. The maximum atomic E-state index is 13.1. The largest absolute Gasteiger partial charge is 0.491 e.